The Morgan fingerprint density at radius 3 is 2.62 bits per heavy atom. The van der Waals surface area contributed by atoms with E-state index in [1.165, 1.54) is 25.5 Å². The molecule has 2 amide bonds. The molecule has 1 atom stereocenters. The van der Waals surface area contributed by atoms with Crippen molar-refractivity contribution < 1.29 is 27.6 Å². The molecule has 9 heteroatoms. The number of benzene rings is 2. The minimum absolute atomic E-state index is 0.0202. The number of alkyl halides is 3. The Morgan fingerprint density at radius 2 is 1.97 bits per heavy atom. The van der Waals surface area contributed by atoms with E-state index in [0.717, 1.165) is 22.3 Å². The zero-order valence-electron chi connectivity index (χ0n) is 20.5. The van der Waals surface area contributed by atoms with Gasteiger partial charge in [-0.15, -0.1) is 0 Å². The maximum Gasteiger partial charge on any atom is 0.389 e. The van der Waals surface area contributed by atoms with Crippen molar-refractivity contribution in [1.29, 1.82) is 0 Å². The number of fused-ring (bicyclic) bond motifs is 2. The van der Waals surface area contributed by atoms with E-state index in [9.17, 15) is 22.8 Å². The van der Waals surface area contributed by atoms with Crippen molar-refractivity contribution in [1.82, 2.24) is 10.6 Å². The van der Waals surface area contributed by atoms with Crippen molar-refractivity contribution in [3.05, 3.63) is 75.9 Å². The van der Waals surface area contributed by atoms with Gasteiger partial charge < -0.3 is 15.5 Å². The fourth-order valence-corrected chi connectivity index (χ4v) is 5.57. The van der Waals surface area contributed by atoms with E-state index in [4.69, 9.17) is 4.84 Å². The maximum atomic E-state index is 13.6. The van der Waals surface area contributed by atoms with E-state index in [1.807, 2.05) is 24.3 Å². The number of hydrogen-bond acceptors (Lipinski definition) is 4. The summed E-state index contributed by atoms with van der Waals surface area (Å²) >= 11 is 0. The molecule has 1 heterocycles. The largest absolute Gasteiger partial charge is 0.397 e. The van der Waals surface area contributed by atoms with Crippen LogP contribution in [0.3, 0.4) is 0 Å². The second kappa shape index (κ2) is 9.68. The summed E-state index contributed by atoms with van der Waals surface area (Å²) in [6.07, 6.45) is -0.656. The van der Waals surface area contributed by atoms with Gasteiger partial charge in [-0.2, -0.15) is 13.2 Å². The number of nitrogens with one attached hydrogen (secondary N) is 2. The van der Waals surface area contributed by atoms with Crippen LogP contribution < -0.4 is 10.6 Å². The molecular weight excluding hydrogens is 483 g/mol. The molecule has 0 radical (unpaired) electrons. The zero-order valence-corrected chi connectivity index (χ0v) is 20.5. The number of nitrogens with zero attached hydrogens (tertiary/aromatic N) is 1. The lowest BCUT2D eigenvalue weighted by Gasteiger charge is -2.38. The maximum absolute atomic E-state index is 13.6. The van der Waals surface area contributed by atoms with E-state index in [0.29, 0.717) is 37.2 Å². The molecule has 0 bridgehead atoms. The Balaban J connectivity index is 1.54. The van der Waals surface area contributed by atoms with Crippen LogP contribution in [0.4, 0.5) is 13.2 Å². The van der Waals surface area contributed by atoms with E-state index in [-0.39, 0.29) is 17.8 Å². The van der Waals surface area contributed by atoms with Gasteiger partial charge >= 0.3 is 6.18 Å². The first-order valence-corrected chi connectivity index (χ1v) is 12.4. The Bertz CT molecular complexity index is 1280. The molecule has 2 aliphatic carbocycles. The molecule has 6 nitrogen and oxygen atoms in total. The summed E-state index contributed by atoms with van der Waals surface area (Å²) in [7, 11) is 1.34. The van der Waals surface area contributed by atoms with Gasteiger partial charge in [0.05, 0.1) is 11.1 Å². The van der Waals surface area contributed by atoms with Gasteiger partial charge in [0.15, 0.2) is 5.84 Å². The van der Waals surface area contributed by atoms with Crippen molar-refractivity contribution in [2.75, 3.05) is 7.11 Å². The average Bonchev–Trinajstić information content (AvgIpc) is 3.66. The summed E-state index contributed by atoms with van der Waals surface area (Å²) < 4.78 is 38.2. The first-order chi connectivity index (χ1) is 17.7. The Kier molecular flexibility index (Phi) is 6.56. The predicted molar refractivity (Wildman–Crippen MR) is 133 cm³/mol. The third-order valence-corrected chi connectivity index (χ3v) is 7.49. The van der Waals surface area contributed by atoms with Crippen LogP contribution in [0.5, 0.6) is 0 Å². The highest BCUT2D eigenvalue weighted by Gasteiger charge is 2.46. The topological polar surface area (TPSA) is 79.8 Å². The summed E-state index contributed by atoms with van der Waals surface area (Å²) in [6.45, 7) is 0. The number of halogens is 3. The zero-order chi connectivity index (χ0) is 26.2. The van der Waals surface area contributed by atoms with Crippen LogP contribution in [0, 0.1) is 0 Å². The fourth-order valence-electron chi connectivity index (χ4n) is 5.57. The van der Waals surface area contributed by atoms with E-state index in [1.54, 1.807) is 6.07 Å². The average molecular weight is 512 g/mol. The molecule has 5 rings (SSSR count). The SMILES string of the molecule is CO/N=C(\NC=O)C1=C(c2ccc(C3CC3)cc2)C[C@]2(CCc3cc(CCC(F)(F)F)ccc32)NC1=O. The first kappa shape index (κ1) is 25.0. The van der Waals surface area contributed by atoms with Crippen LogP contribution in [-0.4, -0.2) is 31.4 Å². The molecule has 1 fully saturated rings. The summed E-state index contributed by atoms with van der Waals surface area (Å²) in [6, 6.07) is 13.5. The summed E-state index contributed by atoms with van der Waals surface area (Å²) in [5.41, 5.74) is 4.85. The molecule has 2 aromatic rings. The van der Waals surface area contributed by atoms with Crippen molar-refractivity contribution in [2.24, 2.45) is 5.16 Å². The van der Waals surface area contributed by atoms with Crippen LogP contribution in [-0.2, 0) is 32.8 Å². The number of carbonyl (C=O) groups is 2. The first-order valence-electron chi connectivity index (χ1n) is 12.4. The summed E-state index contributed by atoms with van der Waals surface area (Å²) in [5, 5.41) is 9.52. The van der Waals surface area contributed by atoms with Crippen LogP contribution in [0.2, 0.25) is 0 Å². The van der Waals surface area contributed by atoms with Gasteiger partial charge in [0.1, 0.15) is 7.11 Å². The second-order valence-corrected chi connectivity index (χ2v) is 9.95. The van der Waals surface area contributed by atoms with Gasteiger partial charge in [0, 0.05) is 12.8 Å². The smallest absolute Gasteiger partial charge is 0.389 e. The quantitative estimate of drug-likeness (QED) is 0.241. The monoisotopic (exact) mass is 511 g/mol. The lowest BCUT2D eigenvalue weighted by atomic mass is 9.77. The van der Waals surface area contributed by atoms with Crippen molar-refractivity contribution in [3.8, 4) is 0 Å². The molecule has 0 unspecified atom stereocenters. The molecule has 194 valence electrons. The van der Waals surface area contributed by atoms with Crippen LogP contribution >= 0.6 is 0 Å². The Hall–Kier alpha value is -3.62. The van der Waals surface area contributed by atoms with Crippen LogP contribution in [0.15, 0.2) is 53.2 Å². The van der Waals surface area contributed by atoms with Gasteiger partial charge in [-0.05, 0) is 71.4 Å². The highest BCUT2D eigenvalue weighted by atomic mass is 19.4. The van der Waals surface area contributed by atoms with Crippen LogP contribution in [0.1, 0.15) is 65.8 Å². The molecular formula is C28H28F3N3O3. The predicted octanol–water partition coefficient (Wildman–Crippen LogP) is 4.88. The summed E-state index contributed by atoms with van der Waals surface area (Å²) in [5.74, 6) is 0.206. The van der Waals surface area contributed by atoms with Crippen molar-refractivity contribution in [2.45, 2.75) is 62.6 Å². The molecule has 1 spiro atoms. The van der Waals surface area contributed by atoms with Crippen LogP contribution in [0.25, 0.3) is 5.57 Å². The number of amides is 2. The third-order valence-electron chi connectivity index (χ3n) is 7.49. The summed E-state index contributed by atoms with van der Waals surface area (Å²) in [4.78, 5) is 29.8. The van der Waals surface area contributed by atoms with Gasteiger partial charge in [0.2, 0.25) is 6.41 Å². The molecule has 1 saturated carbocycles. The van der Waals surface area contributed by atoms with Crippen molar-refractivity contribution in [3.63, 3.8) is 0 Å². The van der Waals surface area contributed by atoms with E-state index < -0.39 is 24.0 Å². The second-order valence-electron chi connectivity index (χ2n) is 9.95. The lowest BCUT2D eigenvalue weighted by molar-refractivity contribution is -0.134. The number of amidine groups is 1. The third kappa shape index (κ3) is 5.12. The normalized spacial score (nSPS) is 21.6. The van der Waals surface area contributed by atoms with E-state index >= 15 is 0 Å². The highest BCUT2D eigenvalue weighted by Crippen LogP contribution is 2.47. The minimum Gasteiger partial charge on any atom is -0.397 e. The fraction of sp³-hybridized carbons (Fsp3) is 0.393. The molecule has 2 aromatic carbocycles. The van der Waals surface area contributed by atoms with Gasteiger partial charge in [-0.25, -0.2) is 0 Å². The minimum atomic E-state index is -4.21. The molecule has 37 heavy (non-hydrogen) atoms. The Morgan fingerprint density at radius 1 is 1.22 bits per heavy atom. The number of aryl methyl sites for hydroxylation is 2. The molecule has 3 aliphatic rings. The number of rotatable bonds is 7. The molecule has 2 N–H and O–H groups in total. The van der Waals surface area contributed by atoms with Crippen molar-refractivity contribution >= 4 is 23.7 Å². The number of carbonyl (C=O) groups excluding carboxylic acids is 2. The Labute approximate surface area is 213 Å². The van der Waals surface area contributed by atoms with E-state index in [2.05, 4.69) is 27.9 Å². The molecule has 0 aromatic heterocycles. The number of oxime groups is 1. The van der Waals surface area contributed by atoms with Gasteiger partial charge in [-0.3, -0.25) is 9.59 Å². The standard InChI is InChI=1S/C28H28F3N3O3/c1-37-34-25(32-16-35)24-22(20-7-5-19(6-8-20)18-3-4-18)15-27(33-26(24)36)12-11-21-14-17(2-9-23(21)27)10-13-28(29,30)31/h2,5-9,14,16,18H,3-4,10-13,15H2,1H3,(H,33,36)(H,32,34,35)/t27-/m0/s1. The highest BCUT2D eigenvalue weighted by molar-refractivity contribution is 6.28. The molecule has 0 saturated heterocycles. The van der Waals surface area contributed by atoms with Gasteiger partial charge in [-0.1, -0.05) is 47.6 Å². The lowest BCUT2D eigenvalue weighted by Crippen LogP contribution is -2.50. The van der Waals surface area contributed by atoms with Gasteiger partial charge in [0.25, 0.3) is 5.91 Å². The number of hydrogen-bond donors (Lipinski definition) is 2. The molecule has 1 aliphatic heterocycles.